The molecule has 0 amide bonds. The Kier molecular flexibility index (Phi) is 3.42. The summed E-state index contributed by atoms with van der Waals surface area (Å²) in [7, 11) is 6.08. The van der Waals surface area contributed by atoms with Crippen molar-refractivity contribution in [2.45, 2.75) is 0 Å². The van der Waals surface area contributed by atoms with Crippen LogP contribution in [0.25, 0.3) is 21.0 Å². The van der Waals surface area contributed by atoms with Crippen LogP contribution >= 0.6 is 20.7 Å². The number of H-pyrrole nitrogens is 1. The Hall–Kier alpha value is -1.92. The topological polar surface area (TPSA) is 49.7 Å². The minimum atomic E-state index is -0.387. The largest absolute Gasteiger partial charge is 0.465 e. The summed E-state index contributed by atoms with van der Waals surface area (Å²) in [5, 5.41) is 0. The van der Waals surface area contributed by atoms with E-state index in [2.05, 4.69) is 4.98 Å². The molecule has 102 valence electrons. The Morgan fingerprint density at radius 2 is 1.80 bits per heavy atom. The van der Waals surface area contributed by atoms with Gasteiger partial charge in [0.05, 0.1) is 14.2 Å². The van der Waals surface area contributed by atoms with E-state index in [0.717, 1.165) is 21.0 Å². The molecule has 6 heteroatoms. The summed E-state index contributed by atoms with van der Waals surface area (Å²) in [5.41, 5.74) is 2.50. The quantitative estimate of drug-likeness (QED) is 0.551. The van der Waals surface area contributed by atoms with Gasteiger partial charge in [-0.1, -0.05) is 51.0 Å². The molecule has 0 fully saturated rings. The summed E-state index contributed by atoms with van der Waals surface area (Å²) < 4.78 is 10.1. The van der Waals surface area contributed by atoms with Gasteiger partial charge in [0.1, 0.15) is 9.75 Å². The average Bonchev–Trinajstić information content (AvgIpc) is 3.05. The molecule has 0 unspecified atom stereocenters. The van der Waals surface area contributed by atoms with E-state index >= 15 is 0 Å². The minimum Gasteiger partial charge on any atom is -0.465 e. The second kappa shape index (κ2) is 5.22. The predicted molar refractivity (Wildman–Crippen MR) is 78.7 cm³/mol. The van der Waals surface area contributed by atoms with E-state index < -0.39 is 0 Å². The smallest absolute Gasteiger partial charge is 0.383 e. The van der Waals surface area contributed by atoms with Gasteiger partial charge in [0.2, 0.25) is 5.69 Å². The van der Waals surface area contributed by atoms with Crippen molar-refractivity contribution in [1.82, 2.24) is 0 Å². The maximum atomic E-state index is 11.9. The molecule has 0 aliphatic carbocycles. The van der Waals surface area contributed by atoms with Crippen molar-refractivity contribution in [2.75, 3.05) is 14.2 Å². The number of aromatic nitrogens is 1. The third kappa shape index (κ3) is 1.97. The predicted octanol–water partition coefficient (Wildman–Crippen LogP) is 3.19. The van der Waals surface area contributed by atoms with E-state index in [1.54, 1.807) is 20.7 Å². The van der Waals surface area contributed by atoms with E-state index in [-0.39, 0.29) is 5.97 Å². The lowest BCUT2D eigenvalue weighted by molar-refractivity contribution is -0.374. The van der Waals surface area contributed by atoms with E-state index in [9.17, 15) is 4.79 Å². The van der Waals surface area contributed by atoms with Crippen LogP contribution in [-0.4, -0.2) is 20.2 Å². The molecule has 1 aromatic carbocycles. The fourth-order valence-corrected chi connectivity index (χ4v) is 4.79. The molecule has 2 aliphatic heterocycles. The van der Waals surface area contributed by atoms with Gasteiger partial charge in [0.25, 0.3) is 0 Å². The Bertz CT molecular complexity index is 718. The lowest BCUT2D eigenvalue weighted by Crippen LogP contribution is -2.07. The lowest BCUT2D eigenvalue weighted by atomic mass is 10.1. The highest BCUT2D eigenvalue weighted by atomic mass is 32.9. The number of nitrogens with one attached hydrogen (secondary N) is 1. The van der Waals surface area contributed by atoms with Gasteiger partial charge in [-0.15, -0.1) is 0 Å². The first-order chi connectivity index (χ1) is 9.76. The van der Waals surface area contributed by atoms with E-state index in [1.807, 2.05) is 30.3 Å². The summed E-state index contributed by atoms with van der Waals surface area (Å²) >= 11 is 0. The molecule has 2 heterocycles. The molecule has 0 aromatic heterocycles. The number of fused-ring (bicyclic) bond motifs is 1. The van der Waals surface area contributed by atoms with Crippen LogP contribution < -0.4 is 9.72 Å². The van der Waals surface area contributed by atoms with Gasteiger partial charge in [-0.2, -0.15) is 4.98 Å². The second-order valence-corrected chi connectivity index (χ2v) is 6.24. The molecule has 0 atom stereocenters. The van der Waals surface area contributed by atoms with Crippen molar-refractivity contribution >= 4 is 26.7 Å². The maximum Gasteiger partial charge on any atom is 0.383 e. The highest BCUT2D eigenvalue weighted by Crippen LogP contribution is 2.45. The van der Waals surface area contributed by atoms with Gasteiger partial charge in [-0.05, 0) is 5.56 Å². The molecule has 4 nitrogen and oxygen atoms in total. The van der Waals surface area contributed by atoms with Crippen molar-refractivity contribution in [3.63, 3.8) is 0 Å². The highest BCUT2D eigenvalue weighted by molar-refractivity contribution is 7.72. The third-order valence-corrected chi connectivity index (χ3v) is 5.50. The fraction of sp³-hybridized carbons (Fsp3) is 0.143. The van der Waals surface area contributed by atoms with Crippen LogP contribution in [-0.2, 0) is 4.74 Å². The first-order valence-corrected chi connectivity index (χ1v) is 8.06. The first kappa shape index (κ1) is 13.1. The van der Waals surface area contributed by atoms with Gasteiger partial charge in [-0.3, -0.25) is 0 Å². The number of carbonyl (C=O) groups excluding carboxylic acids is 1. The Balaban J connectivity index is 2.17. The number of ether oxygens (including phenoxy) is 2. The number of esters is 1. The number of carbonyl (C=O) groups is 1. The fourth-order valence-electron chi connectivity index (χ4n) is 2.05. The molecule has 0 spiro atoms. The summed E-state index contributed by atoms with van der Waals surface area (Å²) in [6.07, 6.45) is 0. The minimum absolute atomic E-state index is 0.387. The molecule has 3 rings (SSSR count). The number of benzene rings is 1. The maximum absolute atomic E-state index is 11.9. The Morgan fingerprint density at radius 3 is 2.45 bits per heavy atom. The molecule has 2 aliphatic rings. The zero-order valence-electron chi connectivity index (χ0n) is 10.9. The molecule has 20 heavy (non-hydrogen) atoms. The van der Waals surface area contributed by atoms with Gasteiger partial charge < -0.3 is 9.47 Å². The van der Waals surface area contributed by atoms with Crippen LogP contribution in [0.4, 0.5) is 0 Å². The molecular formula is C14H12NO3S2+. The van der Waals surface area contributed by atoms with Crippen molar-refractivity contribution in [3.05, 3.63) is 35.9 Å². The lowest BCUT2D eigenvalue weighted by Gasteiger charge is -1.95. The number of methoxy groups -OCH3 is 2. The van der Waals surface area contributed by atoms with E-state index in [1.165, 1.54) is 14.2 Å². The Morgan fingerprint density at radius 1 is 1.10 bits per heavy atom. The molecule has 0 radical (unpaired) electrons. The molecule has 0 saturated carbocycles. The van der Waals surface area contributed by atoms with Crippen molar-refractivity contribution in [3.8, 4) is 26.9 Å². The first-order valence-electron chi connectivity index (χ1n) is 5.91. The average molecular weight is 306 g/mol. The number of rotatable bonds is 3. The monoisotopic (exact) mass is 306 g/mol. The molecule has 0 saturated heterocycles. The van der Waals surface area contributed by atoms with Crippen LogP contribution in [0, 0.1) is 0 Å². The van der Waals surface area contributed by atoms with Crippen LogP contribution in [0.1, 0.15) is 10.4 Å². The highest BCUT2D eigenvalue weighted by Gasteiger charge is 2.36. The van der Waals surface area contributed by atoms with Crippen LogP contribution in [0.5, 0.6) is 5.88 Å². The second-order valence-electron chi connectivity index (χ2n) is 4.09. The van der Waals surface area contributed by atoms with Gasteiger partial charge in [0.15, 0.2) is 5.56 Å². The number of hydrogen-bond acceptors (Lipinski definition) is 5. The van der Waals surface area contributed by atoms with Crippen LogP contribution in [0.3, 0.4) is 0 Å². The van der Waals surface area contributed by atoms with Crippen LogP contribution in [0.15, 0.2) is 30.3 Å². The molecule has 1 aromatic rings. The summed E-state index contributed by atoms with van der Waals surface area (Å²) in [6.45, 7) is 0. The van der Waals surface area contributed by atoms with E-state index in [4.69, 9.17) is 9.47 Å². The Labute approximate surface area is 123 Å². The van der Waals surface area contributed by atoms with Gasteiger partial charge in [0, 0.05) is 0 Å². The SMILES string of the molecule is COC(=O)c1c(OC)[nH+]c2c(-c3ccccc3)ssc1-2. The van der Waals surface area contributed by atoms with E-state index in [0.29, 0.717) is 11.4 Å². The molecular weight excluding hydrogens is 294 g/mol. The van der Waals surface area contributed by atoms with Crippen molar-refractivity contribution in [1.29, 1.82) is 0 Å². The summed E-state index contributed by atoms with van der Waals surface area (Å²) in [6, 6.07) is 10.1. The standard InChI is InChI=1S/C14H11NO3S2/c1-17-13-9(14(16)18-2)12-10(15-13)11(19-20-12)8-6-4-3-5-7-8/h3-7H,1-2H3/p+1. The molecule has 1 N–H and O–H groups in total. The van der Waals surface area contributed by atoms with Crippen molar-refractivity contribution < 1.29 is 19.3 Å². The normalized spacial score (nSPS) is 10.7. The van der Waals surface area contributed by atoms with Crippen molar-refractivity contribution in [2.24, 2.45) is 0 Å². The van der Waals surface area contributed by atoms with Crippen LogP contribution in [0.2, 0.25) is 0 Å². The van der Waals surface area contributed by atoms with Gasteiger partial charge >= 0.3 is 11.8 Å². The zero-order chi connectivity index (χ0) is 14.1. The summed E-state index contributed by atoms with van der Waals surface area (Å²) in [5.74, 6) is 0.0600. The molecule has 0 bridgehead atoms. The van der Waals surface area contributed by atoms with Gasteiger partial charge in [-0.25, -0.2) is 4.79 Å². The summed E-state index contributed by atoms with van der Waals surface area (Å²) in [4.78, 5) is 17.0. The third-order valence-electron chi connectivity index (χ3n) is 2.98. The number of hydrogen-bond donors (Lipinski definition) is 0. The number of aromatic amines is 1. The zero-order valence-corrected chi connectivity index (χ0v) is 12.6.